The normalized spacial score (nSPS) is 14.7. The number of aliphatic hydroxyl groups is 1. The van der Waals surface area contributed by atoms with Crippen LogP contribution in [0.4, 0.5) is 13.2 Å². The molecule has 2 aromatic rings. The Balaban J connectivity index is 1.84. The highest BCUT2D eigenvalue weighted by Gasteiger charge is 2.34. The zero-order valence-corrected chi connectivity index (χ0v) is 12.7. The van der Waals surface area contributed by atoms with Crippen LogP contribution in [0.15, 0.2) is 36.5 Å². The summed E-state index contributed by atoms with van der Waals surface area (Å²) in [5, 5.41) is 13.2. The Hall–Kier alpha value is -2.35. The summed E-state index contributed by atoms with van der Waals surface area (Å²) >= 11 is 0. The lowest BCUT2D eigenvalue weighted by atomic mass is 10.2. The predicted molar refractivity (Wildman–Crippen MR) is 79.7 cm³/mol. The largest absolute Gasteiger partial charge is 0.416 e. The maximum atomic E-state index is 12.8. The third kappa shape index (κ3) is 3.43. The number of halogens is 3. The second-order valence-electron chi connectivity index (χ2n) is 5.65. The van der Waals surface area contributed by atoms with Crippen LogP contribution in [-0.4, -0.2) is 44.9 Å². The van der Waals surface area contributed by atoms with E-state index in [2.05, 4.69) is 5.10 Å². The fraction of sp³-hybridized carbons (Fsp3) is 0.375. The molecular weight excluding hydrogens is 323 g/mol. The lowest BCUT2D eigenvalue weighted by Gasteiger charge is -2.19. The average molecular weight is 339 g/mol. The van der Waals surface area contributed by atoms with Crippen LogP contribution in [0.25, 0.3) is 5.69 Å². The molecule has 0 bridgehead atoms. The Morgan fingerprint density at radius 2 is 2.08 bits per heavy atom. The Morgan fingerprint density at radius 3 is 2.71 bits per heavy atom. The molecule has 1 amide bonds. The molecule has 1 heterocycles. The maximum absolute atomic E-state index is 12.8. The van der Waals surface area contributed by atoms with E-state index in [1.54, 1.807) is 4.90 Å². The molecule has 1 aliphatic carbocycles. The lowest BCUT2D eigenvalue weighted by molar-refractivity contribution is -0.137. The van der Waals surface area contributed by atoms with Crippen molar-refractivity contribution < 1.29 is 23.1 Å². The predicted octanol–water partition coefficient (Wildman–Crippen LogP) is 2.49. The molecule has 1 N–H and O–H groups in total. The van der Waals surface area contributed by atoms with Gasteiger partial charge in [-0.25, -0.2) is 4.68 Å². The summed E-state index contributed by atoms with van der Waals surface area (Å²) in [6, 6.07) is 6.33. The highest BCUT2D eigenvalue weighted by Crippen LogP contribution is 2.30. The van der Waals surface area contributed by atoms with Crippen LogP contribution in [0.2, 0.25) is 0 Å². The lowest BCUT2D eigenvalue weighted by Crippen LogP contribution is -2.35. The maximum Gasteiger partial charge on any atom is 0.416 e. The van der Waals surface area contributed by atoms with Gasteiger partial charge in [-0.2, -0.15) is 18.3 Å². The summed E-state index contributed by atoms with van der Waals surface area (Å²) in [5.74, 6) is -0.322. The first-order chi connectivity index (χ1) is 11.4. The molecule has 1 aromatic carbocycles. The van der Waals surface area contributed by atoms with Gasteiger partial charge in [0.15, 0.2) is 5.69 Å². The van der Waals surface area contributed by atoms with E-state index in [0.29, 0.717) is 0 Å². The van der Waals surface area contributed by atoms with Gasteiger partial charge in [0.25, 0.3) is 5.91 Å². The third-order valence-electron chi connectivity index (χ3n) is 3.84. The molecule has 1 saturated carbocycles. The summed E-state index contributed by atoms with van der Waals surface area (Å²) in [5.41, 5.74) is -0.403. The number of aromatic nitrogens is 2. The molecule has 8 heteroatoms. The van der Waals surface area contributed by atoms with E-state index in [0.717, 1.165) is 25.0 Å². The number of nitrogens with zero attached hydrogens (tertiary/aromatic N) is 3. The Bertz CT molecular complexity index is 738. The Morgan fingerprint density at radius 1 is 1.33 bits per heavy atom. The zero-order chi connectivity index (χ0) is 17.3. The van der Waals surface area contributed by atoms with E-state index < -0.39 is 11.7 Å². The highest BCUT2D eigenvalue weighted by atomic mass is 19.4. The molecule has 0 saturated heterocycles. The molecule has 24 heavy (non-hydrogen) atoms. The van der Waals surface area contributed by atoms with Crippen LogP contribution in [-0.2, 0) is 6.18 Å². The molecule has 0 aliphatic heterocycles. The molecule has 1 aromatic heterocycles. The summed E-state index contributed by atoms with van der Waals surface area (Å²) in [6.07, 6.45) is -1.21. The van der Waals surface area contributed by atoms with Crippen molar-refractivity contribution in [1.82, 2.24) is 14.7 Å². The van der Waals surface area contributed by atoms with E-state index in [1.165, 1.54) is 29.1 Å². The number of carbonyl (C=O) groups is 1. The van der Waals surface area contributed by atoms with Crippen LogP contribution in [0.1, 0.15) is 28.9 Å². The van der Waals surface area contributed by atoms with Crippen LogP contribution in [0, 0.1) is 0 Å². The van der Waals surface area contributed by atoms with E-state index in [-0.39, 0.29) is 36.5 Å². The number of carbonyl (C=O) groups excluding carboxylic acids is 1. The smallest absolute Gasteiger partial charge is 0.395 e. The quantitative estimate of drug-likeness (QED) is 0.910. The van der Waals surface area contributed by atoms with Gasteiger partial charge in [-0.05, 0) is 37.1 Å². The van der Waals surface area contributed by atoms with Crippen molar-refractivity contribution >= 4 is 5.91 Å². The first-order valence-electron chi connectivity index (χ1n) is 7.55. The van der Waals surface area contributed by atoms with Crippen molar-refractivity contribution in [1.29, 1.82) is 0 Å². The van der Waals surface area contributed by atoms with Crippen molar-refractivity contribution in [3.05, 3.63) is 47.8 Å². The second kappa shape index (κ2) is 6.27. The first kappa shape index (κ1) is 16.5. The van der Waals surface area contributed by atoms with Gasteiger partial charge in [0.05, 0.1) is 17.9 Å². The minimum atomic E-state index is -4.44. The fourth-order valence-corrected chi connectivity index (χ4v) is 2.50. The van der Waals surface area contributed by atoms with Gasteiger partial charge in [0.1, 0.15) is 0 Å². The van der Waals surface area contributed by atoms with Crippen molar-refractivity contribution in [2.75, 3.05) is 13.2 Å². The first-order valence-corrected chi connectivity index (χ1v) is 7.55. The Kier molecular flexibility index (Phi) is 4.31. The van der Waals surface area contributed by atoms with Crippen LogP contribution in [0.5, 0.6) is 0 Å². The van der Waals surface area contributed by atoms with Crippen molar-refractivity contribution in [3.8, 4) is 5.69 Å². The van der Waals surface area contributed by atoms with E-state index in [4.69, 9.17) is 5.11 Å². The van der Waals surface area contributed by atoms with Gasteiger partial charge >= 0.3 is 6.18 Å². The monoisotopic (exact) mass is 339 g/mol. The van der Waals surface area contributed by atoms with Gasteiger partial charge in [0, 0.05) is 18.8 Å². The van der Waals surface area contributed by atoms with Gasteiger partial charge in [-0.1, -0.05) is 6.07 Å². The molecule has 1 fully saturated rings. The molecule has 0 radical (unpaired) electrons. The number of benzene rings is 1. The Labute approximate surface area is 136 Å². The highest BCUT2D eigenvalue weighted by molar-refractivity contribution is 5.92. The zero-order valence-electron chi connectivity index (χ0n) is 12.7. The van der Waals surface area contributed by atoms with Crippen molar-refractivity contribution in [2.45, 2.75) is 25.1 Å². The van der Waals surface area contributed by atoms with E-state index in [9.17, 15) is 18.0 Å². The van der Waals surface area contributed by atoms with Gasteiger partial charge < -0.3 is 10.0 Å². The molecule has 3 rings (SSSR count). The average Bonchev–Trinajstić information content (AvgIpc) is 3.27. The summed E-state index contributed by atoms with van der Waals surface area (Å²) in [6.45, 7) is 0.0799. The molecular formula is C16H16F3N3O2. The number of hydrogen-bond acceptors (Lipinski definition) is 3. The molecule has 1 aliphatic rings. The van der Waals surface area contributed by atoms with Gasteiger partial charge in [-0.3, -0.25) is 4.79 Å². The minimum absolute atomic E-state index is 0.114. The molecule has 0 atom stereocenters. The molecule has 0 spiro atoms. The summed E-state index contributed by atoms with van der Waals surface area (Å²) in [4.78, 5) is 14.0. The van der Waals surface area contributed by atoms with Crippen molar-refractivity contribution in [2.24, 2.45) is 0 Å². The van der Waals surface area contributed by atoms with Crippen LogP contribution in [0.3, 0.4) is 0 Å². The van der Waals surface area contributed by atoms with Crippen LogP contribution >= 0.6 is 0 Å². The van der Waals surface area contributed by atoms with Gasteiger partial charge in [-0.15, -0.1) is 0 Å². The molecule has 128 valence electrons. The third-order valence-corrected chi connectivity index (χ3v) is 3.84. The second-order valence-corrected chi connectivity index (χ2v) is 5.65. The standard InChI is InChI=1S/C16H16F3N3O2/c17-16(18,19)11-2-1-3-13(10-11)22-7-6-14(20-22)15(24)21(8-9-23)12-4-5-12/h1-3,6-7,10,12,23H,4-5,8-9H2. The number of hydrogen-bond donors (Lipinski definition) is 1. The van der Waals surface area contributed by atoms with Crippen LogP contribution < -0.4 is 0 Å². The minimum Gasteiger partial charge on any atom is -0.395 e. The molecule has 5 nitrogen and oxygen atoms in total. The number of amides is 1. The number of aliphatic hydroxyl groups excluding tert-OH is 1. The topological polar surface area (TPSA) is 58.4 Å². The van der Waals surface area contributed by atoms with E-state index in [1.807, 2.05) is 0 Å². The van der Waals surface area contributed by atoms with Gasteiger partial charge in [0.2, 0.25) is 0 Å². The molecule has 0 unspecified atom stereocenters. The summed E-state index contributed by atoms with van der Waals surface area (Å²) < 4.78 is 39.6. The number of rotatable bonds is 5. The van der Waals surface area contributed by atoms with E-state index >= 15 is 0 Å². The number of alkyl halides is 3. The van der Waals surface area contributed by atoms with Crippen molar-refractivity contribution in [3.63, 3.8) is 0 Å². The SMILES string of the molecule is O=C(c1ccn(-c2cccc(C(F)(F)F)c2)n1)N(CCO)C1CC1. The summed E-state index contributed by atoms with van der Waals surface area (Å²) in [7, 11) is 0. The fourth-order valence-electron chi connectivity index (χ4n) is 2.50.